The van der Waals surface area contributed by atoms with Gasteiger partial charge < -0.3 is 0 Å². The molecule has 1 aliphatic heterocycles. The van der Waals surface area contributed by atoms with Gasteiger partial charge in [0, 0.05) is 16.7 Å². The highest BCUT2D eigenvalue weighted by atomic mass is 127. The van der Waals surface area contributed by atoms with E-state index < -0.39 is 0 Å². The summed E-state index contributed by atoms with van der Waals surface area (Å²) >= 11 is 4.05. The van der Waals surface area contributed by atoms with Crippen molar-refractivity contribution in [1.29, 1.82) is 0 Å². The molecule has 0 spiro atoms. The lowest BCUT2D eigenvalue weighted by molar-refractivity contribution is 0.101. The maximum absolute atomic E-state index is 11.3. The van der Waals surface area contributed by atoms with Crippen LogP contribution in [0.3, 0.4) is 0 Å². The van der Waals surface area contributed by atoms with Crippen LogP contribution in [0.15, 0.2) is 35.3 Å². The summed E-state index contributed by atoms with van der Waals surface area (Å²) in [6.07, 6.45) is 1.64. The predicted molar refractivity (Wildman–Crippen MR) is 74.4 cm³/mol. The third-order valence-corrected chi connectivity index (χ3v) is 4.40. The lowest BCUT2D eigenvalue weighted by atomic mass is 10.1. The molecule has 2 heterocycles. The smallest absolute Gasteiger partial charge is 0.267 e. The van der Waals surface area contributed by atoms with Gasteiger partial charge in [-0.3, -0.25) is 4.79 Å². The van der Waals surface area contributed by atoms with Crippen molar-refractivity contribution in [2.45, 2.75) is 0 Å². The molecule has 0 fully saturated rings. The average molecular weight is 339 g/mol. The van der Waals surface area contributed by atoms with Crippen LogP contribution in [-0.2, 0) is 0 Å². The van der Waals surface area contributed by atoms with Gasteiger partial charge in [-0.2, -0.15) is 0 Å². The molecule has 0 bridgehead atoms. The molecule has 16 heavy (non-hydrogen) atoms. The summed E-state index contributed by atoms with van der Waals surface area (Å²) in [6.45, 7) is 0. The lowest BCUT2D eigenvalue weighted by Crippen LogP contribution is -1.91. The number of carbonyl (C=O) groups excluding carboxylic acids is 1. The number of rotatable bonds is 1. The molecule has 0 saturated heterocycles. The number of carbonyl (C=O) groups is 1. The minimum absolute atomic E-state index is 0.137. The monoisotopic (exact) mass is 339 g/mol. The molecule has 0 atom stereocenters. The zero-order valence-electron chi connectivity index (χ0n) is 8.11. The summed E-state index contributed by atoms with van der Waals surface area (Å²) in [7, 11) is 0. The molecule has 0 radical (unpaired) electrons. The van der Waals surface area contributed by atoms with E-state index in [0.717, 1.165) is 11.1 Å². The highest BCUT2D eigenvalue weighted by Gasteiger charge is 2.15. The Hall–Kier alpha value is -1.01. The maximum Gasteiger partial charge on any atom is 0.277 e. The summed E-state index contributed by atoms with van der Waals surface area (Å²) < 4.78 is 1.26. The van der Waals surface area contributed by atoms with E-state index >= 15 is 0 Å². The Morgan fingerprint density at radius 2 is 2.06 bits per heavy atom. The molecule has 78 valence electrons. The van der Waals surface area contributed by atoms with E-state index in [9.17, 15) is 4.79 Å². The minimum atomic E-state index is -0.137. The number of halogens is 1. The fourth-order valence-electron chi connectivity index (χ4n) is 1.68. The molecule has 1 aromatic carbocycles. The van der Waals surface area contributed by atoms with E-state index in [4.69, 9.17) is 0 Å². The van der Waals surface area contributed by atoms with Crippen LogP contribution in [0.5, 0.6) is 0 Å². The van der Waals surface area contributed by atoms with Crippen molar-refractivity contribution < 1.29 is 4.79 Å². The van der Waals surface area contributed by atoms with Gasteiger partial charge >= 0.3 is 0 Å². The van der Waals surface area contributed by atoms with Gasteiger partial charge in [-0.05, 0) is 52.4 Å². The number of benzene rings is 1. The van der Waals surface area contributed by atoms with Crippen LogP contribution in [0, 0.1) is 2.88 Å². The Morgan fingerprint density at radius 3 is 2.81 bits per heavy atom. The van der Waals surface area contributed by atoms with Gasteiger partial charge in [-0.25, -0.2) is 4.99 Å². The zero-order valence-corrected chi connectivity index (χ0v) is 11.1. The highest BCUT2D eigenvalue weighted by molar-refractivity contribution is 14.1. The molecule has 1 aliphatic rings. The Morgan fingerprint density at radius 1 is 1.19 bits per heavy atom. The largest absolute Gasteiger partial charge is 0.277 e. The summed E-state index contributed by atoms with van der Waals surface area (Å²) in [5, 5.41) is 0. The van der Waals surface area contributed by atoms with Crippen molar-refractivity contribution in [3.05, 3.63) is 44.3 Å². The lowest BCUT2D eigenvalue weighted by Gasteiger charge is -2.00. The first-order chi connectivity index (χ1) is 7.74. The van der Waals surface area contributed by atoms with Crippen LogP contribution >= 0.6 is 33.9 Å². The van der Waals surface area contributed by atoms with E-state index in [-0.39, 0.29) is 5.91 Å². The van der Waals surface area contributed by atoms with Crippen molar-refractivity contribution in [1.82, 2.24) is 0 Å². The molecule has 2 aromatic rings. The fraction of sp³-hybridized carbons (Fsp3) is 0. The molecule has 0 aliphatic carbocycles. The molecule has 4 heteroatoms. The quantitative estimate of drug-likeness (QED) is 0.730. The molecule has 1 amide bonds. The maximum atomic E-state index is 11.3. The number of hydrogen-bond acceptors (Lipinski definition) is 2. The highest BCUT2D eigenvalue weighted by Crippen LogP contribution is 2.30. The number of thiophene rings is 1. The van der Waals surface area contributed by atoms with Crippen LogP contribution in [0.4, 0.5) is 0 Å². The second-order valence-electron chi connectivity index (χ2n) is 3.47. The van der Waals surface area contributed by atoms with Gasteiger partial charge in [0.25, 0.3) is 5.91 Å². The van der Waals surface area contributed by atoms with Gasteiger partial charge in [-0.15, -0.1) is 11.3 Å². The van der Waals surface area contributed by atoms with E-state index in [1.807, 2.05) is 18.2 Å². The van der Waals surface area contributed by atoms with E-state index in [1.165, 1.54) is 7.76 Å². The van der Waals surface area contributed by atoms with Crippen LogP contribution in [0.1, 0.15) is 15.9 Å². The predicted octanol–water partition coefficient (Wildman–Crippen LogP) is 3.59. The molecule has 2 nitrogen and oxygen atoms in total. The third-order valence-electron chi connectivity index (χ3n) is 2.46. The standard InChI is InChI=1S/C12H6INOS/c13-11-4-3-10(16-11)7-1-2-9-8(5-7)6-14-12(9)15/h1-6H. The SMILES string of the molecule is O=C1N=Cc2cc(-c3ccc(I)s3)ccc21. The normalized spacial score (nSPS) is 13.2. The third kappa shape index (κ3) is 1.62. The molecule has 3 rings (SSSR count). The van der Waals surface area contributed by atoms with E-state index in [0.29, 0.717) is 5.56 Å². The zero-order chi connectivity index (χ0) is 11.1. The number of amides is 1. The Kier molecular flexibility index (Phi) is 2.40. The van der Waals surface area contributed by atoms with E-state index in [2.05, 4.69) is 39.7 Å². The average Bonchev–Trinajstić information content (AvgIpc) is 2.86. The minimum Gasteiger partial charge on any atom is -0.267 e. The number of nitrogens with zero attached hydrogens (tertiary/aromatic N) is 1. The van der Waals surface area contributed by atoms with Gasteiger partial charge in [0.05, 0.1) is 8.45 Å². The van der Waals surface area contributed by atoms with Crippen LogP contribution in [0.2, 0.25) is 0 Å². The number of hydrogen-bond donors (Lipinski definition) is 0. The summed E-state index contributed by atoms with van der Waals surface area (Å²) in [6, 6.07) is 10.0. The van der Waals surface area contributed by atoms with Gasteiger partial charge in [0.15, 0.2) is 0 Å². The summed E-state index contributed by atoms with van der Waals surface area (Å²) in [5.74, 6) is -0.137. The van der Waals surface area contributed by atoms with Gasteiger partial charge in [0.2, 0.25) is 0 Å². The molecular formula is C12H6INOS. The van der Waals surface area contributed by atoms with Crippen molar-refractivity contribution in [3.8, 4) is 10.4 Å². The van der Waals surface area contributed by atoms with Crippen molar-refractivity contribution in [2.75, 3.05) is 0 Å². The first-order valence-corrected chi connectivity index (χ1v) is 6.62. The number of aliphatic imine (C=N–C) groups is 1. The molecule has 0 N–H and O–H groups in total. The molecule has 1 aromatic heterocycles. The van der Waals surface area contributed by atoms with Crippen LogP contribution in [0.25, 0.3) is 10.4 Å². The summed E-state index contributed by atoms with van der Waals surface area (Å²) in [4.78, 5) is 16.3. The topological polar surface area (TPSA) is 29.4 Å². The van der Waals surface area contributed by atoms with Gasteiger partial charge in [0.1, 0.15) is 0 Å². The molecular weight excluding hydrogens is 333 g/mol. The second kappa shape index (κ2) is 3.78. The summed E-state index contributed by atoms with van der Waals surface area (Å²) in [5.41, 5.74) is 2.77. The van der Waals surface area contributed by atoms with Crippen molar-refractivity contribution >= 4 is 46.0 Å². The second-order valence-corrected chi connectivity index (χ2v) is 6.45. The Labute approximate surface area is 110 Å². The molecule has 0 unspecified atom stereocenters. The van der Waals surface area contributed by atoms with E-state index in [1.54, 1.807) is 17.6 Å². The Balaban J connectivity index is 2.11. The first kappa shape index (κ1) is 10.2. The van der Waals surface area contributed by atoms with Crippen LogP contribution in [-0.4, -0.2) is 12.1 Å². The van der Waals surface area contributed by atoms with Crippen LogP contribution < -0.4 is 0 Å². The van der Waals surface area contributed by atoms with Crippen molar-refractivity contribution in [2.24, 2.45) is 4.99 Å². The molecule has 0 saturated carbocycles. The number of fused-ring (bicyclic) bond motifs is 1. The first-order valence-electron chi connectivity index (χ1n) is 4.72. The Bertz CT molecular complexity index is 615. The fourth-order valence-corrected chi connectivity index (χ4v) is 3.30. The van der Waals surface area contributed by atoms with Crippen molar-refractivity contribution in [3.63, 3.8) is 0 Å². The van der Waals surface area contributed by atoms with Gasteiger partial charge in [-0.1, -0.05) is 6.07 Å².